The van der Waals surface area contributed by atoms with Gasteiger partial charge in [-0.05, 0) is 95.2 Å². The minimum atomic E-state index is 0.873. The lowest BCUT2D eigenvalue weighted by atomic mass is 10.0. The van der Waals surface area contributed by atoms with Gasteiger partial charge in [-0.25, -0.2) is 0 Å². The third-order valence-electron chi connectivity index (χ3n) is 4.12. The predicted octanol–water partition coefficient (Wildman–Crippen LogP) is 5.73. The average Bonchev–Trinajstić information content (AvgIpc) is 2.60. The maximum absolute atomic E-state index is 4.41. The van der Waals surface area contributed by atoms with E-state index in [1.165, 1.54) is 32.0 Å². The first-order valence-corrected chi connectivity index (χ1v) is 11.9. The summed E-state index contributed by atoms with van der Waals surface area (Å²) in [6, 6.07) is 13.6. The molecule has 0 spiro atoms. The van der Waals surface area contributed by atoms with E-state index in [0.29, 0.717) is 0 Å². The Balaban J connectivity index is 2.23. The van der Waals surface area contributed by atoms with Crippen molar-refractivity contribution >= 4 is 62.3 Å². The Morgan fingerprint density at radius 3 is 1.24 bits per heavy atom. The molecule has 0 atom stereocenters. The van der Waals surface area contributed by atoms with Crippen LogP contribution in [0.3, 0.4) is 0 Å². The van der Waals surface area contributed by atoms with Crippen molar-refractivity contribution in [2.45, 2.75) is 35.5 Å². The van der Waals surface area contributed by atoms with Crippen LogP contribution in [0.4, 0.5) is 0 Å². The Morgan fingerprint density at radius 2 is 0.880 bits per heavy atom. The van der Waals surface area contributed by atoms with Crippen LogP contribution < -0.4 is 0 Å². The van der Waals surface area contributed by atoms with Crippen LogP contribution in [0, 0.1) is 0 Å². The number of rotatable bonds is 10. The molecule has 2 rings (SSSR count). The van der Waals surface area contributed by atoms with Crippen molar-refractivity contribution in [3.05, 3.63) is 58.7 Å². The van der Waals surface area contributed by atoms with Gasteiger partial charge < -0.3 is 0 Å². The van der Waals surface area contributed by atoms with Gasteiger partial charge in [-0.3, -0.25) is 0 Å². The highest BCUT2D eigenvalue weighted by Crippen LogP contribution is 2.31. The molecule has 0 saturated heterocycles. The van der Waals surface area contributed by atoms with E-state index in [2.05, 4.69) is 86.9 Å². The van der Waals surface area contributed by atoms with Gasteiger partial charge in [-0.15, -0.1) is 0 Å². The molecule has 0 aliphatic rings. The van der Waals surface area contributed by atoms with E-state index in [9.17, 15) is 0 Å². The molecule has 0 unspecified atom stereocenters. The lowest BCUT2D eigenvalue weighted by molar-refractivity contribution is 1.04. The van der Waals surface area contributed by atoms with Crippen molar-refractivity contribution in [3.8, 4) is 0 Å². The average molecular weight is 427 g/mol. The first kappa shape index (κ1) is 21.5. The van der Waals surface area contributed by atoms with Crippen LogP contribution in [0.1, 0.15) is 22.3 Å². The van der Waals surface area contributed by atoms with Gasteiger partial charge in [-0.1, -0.05) is 23.9 Å². The van der Waals surface area contributed by atoms with E-state index >= 15 is 0 Å². The smallest absolute Gasteiger partial charge is 0.0125 e. The summed E-state index contributed by atoms with van der Waals surface area (Å²) < 4.78 is 0. The van der Waals surface area contributed by atoms with Crippen molar-refractivity contribution in [3.63, 3.8) is 0 Å². The molecule has 25 heavy (non-hydrogen) atoms. The molecule has 0 fully saturated rings. The molecule has 0 aliphatic heterocycles. The zero-order valence-corrected chi connectivity index (χ0v) is 18.7. The second-order valence-electron chi connectivity index (χ2n) is 5.86. The molecule has 0 nitrogen and oxygen atoms in total. The fourth-order valence-corrected chi connectivity index (χ4v) is 4.81. The molecule has 136 valence electrons. The fourth-order valence-electron chi connectivity index (χ4n) is 2.90. The molecular formula is C20H26S5. The van der Waals surface area contributed by atoms with E-state index in [4.69, 9.17) is 0 Å². The van der Waals surface area contributed by atoms with Crippen molar-refractivity contribution in [1.29, 1.82) is 0 Å². The summed E-state index contributed by atoms with van der Waals surface area (Å²) in [4.78, 5) is 2.58. The molecular weight excluding hydrogens is 401 g/mol. The highest BCUT2D eigenvalue weighted by molar-refractivity contribution is 7.99. The lowest BCUT2D eigenvalue weighted by Crippen LogP contribution is -1.98. The molecule has 0 radical (unpaired) electrons. The van der Waals surface area contributed by atoms with Crippen molar-refractivity contribution < 1.29 is 0 Å². The summed E-state index contributed by atoms with van der Waals surface area (Å²) in [5, 5.41) is 0. The Morgan fingerprint density at radius 1 is 0.520 bits per heavy atom. The van der Waals surface area contributed by atoms with Crippen molar-refractivity contribution in [2.24, 2.45) is 0 Å². The molecule has 0 aromatic heterocycles. The molecule has 0 aliphatic carbocycles. The summed E-state index contributed by atoms with van der Waals surface area (Å²) in [5.74, 6) is 3.51. The van der Waals surface area contributed by atoms with E-state index in [1.807, 2.05) is 11.8 Å². The van der Waals surface area contributed by atoms with Gasteiger partial charge >= 0.3 is 0 Å². The van der Waals surface area contributed by atoms with E-state index in [0.717, 1.165) is 48.7 Å². The van der Waals surface area contributed by atoms with Crippen molar-refractivity contribution in [2.75, 3.05) is 23.0 Å². The second kappa shape index (κ2) is 11.8. The quantitative estimate of drug-likeness (QED) is 0.352. The standard InChI is InChI=1S/C20H26S5/c21-9-5-15-1-3-19(13-17(15)7-11-23)25-20-4-2-16(6-10-22)18(14-20)8-12-24/h1-4,13-14,21-24H,5-12H2. The van der Waals surface area contributed by atoms with E-state index < -0.39 is 0 Å². The number of hydrogen-bond acceptors (Lipinski definition) is 5. The van der Waals surface area contributed by atoms with Crippen LogP contribution in [0.5, 0.6) is 0 Å². The lowest BCUT2D eigenvalue weighted by Gasteiger charge is -2.13. The first-order valence-electron chi connectivity index (χ1n) is 8.56. The Hall–Kier alpha value is 0.190. The molecule has 0 N–H and O–H groups in total. The topological polar surface area (TPSA) is 0 Å². The van der Waals surface area contributed by atoms with Crippen LogP contribution in [-0.4, -0.2) is 23.0 Å². The molecule has 2 aromatic carbocycles. The molecule has 0 heterocycles. The van der Waals surface area contributed by atoms with E-state index in [-0.39, 0.29) is 0 Å². The monoisotopic (exact) mass is 426 g/mol. The summed E-state index contributed by atoms with van der Waals surface area (Å²) in [7, 11) is 0. The van der Waals surface area contributed by atoms with Crippen LogP contribution in [0.25, 0.3) is 0 Å². The summed E-state index contributed by atoms with van der Waals surface area (Å²) in [5.41, 5.74) is 5.59. The minimum Gasteiger partial charge on any atom is -0.179 e. The van der Waals surface area contributed by atoms with Gasteiger partial charge in [0.15, 0.2) is 0 Å². The zero-order valence-electron chi connectivity index (χ0n) is 14.3. The fraction of sp³-hybridized carbons (Fsp3) is 0.400. The Bertz CT molecular complexity index is 612. The van der Waals surface area contributed by atoms with Gasteiger partial charge in [0.25, 0.3) is 0 Å². The first-order chi connectivity index (χ1) is 12.2. The summed E-state index contributed by atoms with van der Waals surface area (Å²) >= 11 is 19.4. The highest BCUT2D eigenvalue weighted by atomic mass is 32.2. The van der Waals surface area contributed by atoms with Crippen LogP contribution in [-0.2, 0) is 25.7 Å². The molecule has 0 bridgehead atoms. The zero-order chi connectivity index (χ0) is 18.1. The van der Waals surface area contributed by atoms with Crippen LogP contribution in [0.2, 0.25) is 0 Å². The molecule has 2 aromatic rings. The van der Waals surface area contributed by atoms with Gasteiger partial charge in [0.2, 0.25) is 0 Å². The number of thiol groups is 4. The predicted molar refractivity (Wildman–Crippen MR) is 127 cm³/mol. The maximum Gasteiger partial charge on any atom is 0.0125 e. The molecule has 0 amide bonds. The summed E-state index contributed by atoms with van der Waals surface area (Å²) in [6.45, 7) is 0. The Kier molecular flexibility index (Phi) is 10.2. The van der Waals surface area contributed by atoms with Gasteiger partial charge in [-0.2, -0.15) is 50.5 Å². The Labute approximate surface area is 178 Å². The highest BCUT2D eigenvalue weighted by Gasteiger charge is 2.07. The minimum absolute atomic E-state index is 0.873. The number of hydrogen-bond donors (Lipinski definition) is 4. The summed E-state index contributed by atoms with van der Waals surface area (Å²) in [6.07, 6.45) is 4.04. The molecule has 0 saturated carbocycles. The SMILES string of the molecule is SCCc1ccc(Sc2ccc(CCS)c(CCS)c2)cc1CCS. The maximum atomic E-state index is 4.41. The number of aryl methyl sites for hydroxylation is 4. The number of benzene rings is 2. The largest absolute Gasteiger partial charge is 0.179 e. The van der Waals surface area contributed by atoms with Crippen molar-refractivity contribution in [1.82, 2.24) is 0 Å². The van der Waals surface area contributed by atoms with Gasteiger partial charge in [0.05, 0.1) is 0 Å². The van der Waals surface area contributed by atoms with E-state index in [1.54, 1.807) is 0 Å². The third kappa shape index (κ3) is 6.69. The van der Waals surface area contributed by atoms with Gasteiger partial charge in [0.1, 0.15) is 0 Å². The van der Waals surface area contributed by atoms with Gasteiger partial charge in [0, 0.05) is 9.79 Å². The third-order valence-corrected chi connectivity index (χ3v) is 5.99. The van der Waals surface area contributed by atoms with Crippen LogP contribution >= 0.6 is 62.3 Å². The second-order valence-corrected chi connectivity index (χ2v) is 8.79. The van der Waals surface area contributed by atoms with Crippen LogP contribution in [0.15, 0.2) is 46.2 Å². The molecule has 5 heteroatoms. The normalized spacial score (nSPS) is 11.0.